The van der Waals surface area contributed by atoms with Crippen molar-refractivity contribution in [1.29, 1.82) is 0 Å². The Morgan fingerprint density at radius 3 is 2.17 bits per heavy atom. The average molecular weight is 172 g/mol. The number of likely N-dealkylation sites (N-methyl/N-ethyl adjacent to an activating group) is 1. The van der Waals surface area contributed by atoms with Crippen LogP contribution in [-0.2, 0) is 0 Å². The fourth-order valence-corrected chi connectivity index (χ4v) is 1.35. The summed E-state index contributed by atoms with van der Waals surface area (Å²) in [4.78, 5) is 2.15. The zero-order chi connectivity index (χ0) is 9.56. The fourth-order valence-electron chi connectivity index (χ4n) is 1.35. The van der Waals surface area contributed by atoms with Crippen LogP contribution >= 0.6 is 0 Å². The first-order chi connectivity index (χ1) is 5.52. The average Bonchev–Trinajstić information content (AvgIpc) is 1.84. The molecule has 0 saturated carbocycles. The second kappa shape index (κ2) is 6.44. The summed E-state index contributed by atoms with van der Waals surface area (Å²) in [6.45, 7) is 5.53. The van der Waals surface area contributed by atoms with Gasteiger partial charge in [-0.2, -0.15) is 0 Å². The largest absolute Gasteiger partial charge is 0.327 e. The Labute approximate surface area is 77.1 Å². The lowest BCUT2D eigenvalue weighted by Crippen LogP contribution is -2.33. The van der Waals surface area contributed by atoms with E-state index in [2.05, 4.69) is 32.8 Å². The molecule has 0 bridgehead atoms. The van der Waals surface area contributed by atoms with E-state index in [1.165, 1.54) is 12.8 Å². The molecule has 2 N–H and O–H groups in total. The Morgan fingerprint density at radius 2 is 1.75 bits per heavy atom. The fraction of sp³-hybridized carbons (Fsp3) is 1.00. The molecule has 0 amide bonds. The first kappa shape index (κ1) is 11.9. The van der Waals surface area contributed by atoms with Crippen molar-refractivity contribution < 1.29 is 0 Å². The van der Waals surface area contributed by atoms with E-state index >= 15 is 0 Å². The van der Waals surface area contributed by atoms with Crippen molar-refractivity contribution >= 4 is 0 Å². The van der Waals surface area contributed by atoms with Crippen molar-refractivity contribution in [3.8, 4) is 0 Å². The number of nitrogens with two attached hydrogens (primary N) is 1. The molecule has 2 nitrogen and oxygen atoms in total. The van der Waals surface area contributed by atoms with E-state index in [0.717, 1.165) is 18.9 Å². The van der Waals surface area contributed by atoms with Crippen LogP contribution in [0.2, 0.25) is 0 Å². The van der Waals surface area contributed by atoms with Gasteiger partial charge >= 0.3 is 0 Å². The summed E-state index contributed by atoms with van der Waals surface area (Å²) in [5, 5.41) is 0. The van der Waals surface area contributed by atoms with Gasteiger partial charge in [-0.3, -0.25) is 0 Å². The van der Waals surface area contributed by atoms with Crippen molar-refractivity contribution in [3.05, 3.63) is 0 Å². The predicted octanol–water partition coefficient (Wildman–Crippen LogP) is 1.70. The van der Waals surface area contributed by atoms with Crippen LogP contribution in [0.1, 0.15) is 33.1 Å². The first-order valence-electron chi connectivity index (χ1n) is 4.92. The molecular formula is C10H24N2. The molecule has 0 saturated heterocycles. The highest BCUT2D eigenvalue weighted by molar-refractivity contribution is 4.64. The molecule has 0 spiro atoms. The van der Waals surface area contributed by atoms with Gasteiger partial charge in [0.15, 0.2) is 0 Å². The van der Waals surface area contributed by atoms with Crippen LogP contribution in [0.4, 0.5) is 0 Å². The molecule has 0 aliphatic heterocycles. The van der Waals surface area contributed by atoms with E-state index in [1.54, 1.807) is 0 Å². The van der Waals surface area contributed by atoms with Crippen LogP contribution in [-0.4, -0.2) is 31.6 Å². The zero-order valence-electron chi connectivity index (χ0n) is 9.01. The van der Waals surface area contributed by atoms with Gasteiger partial charge in [-0.05, 0) is 26.4 Å². The molecule has 0 aromatic heterocycles. The minimum atomic E-state index is 0.360. The second-order valence-electron chi connectivity index (χ2n) is 4.35. The van der Waals surface area contributed by atoms with Gasteiger partial charge in [0, 0.05) is 12.6 Å². The van der Waals surface area contributed by atoms with Gasteiger partial charge in [0.05, 0.1) is 0 Å². The third-order valence-corrected chi connectivity index (χ3v) is 1.96. The summed E-state index contributed by atoms with van der Waals surface area (Å²) in [5.41, 5.74) is 5.92. The molecular weight excluding hydrogens is 148 g/mol. The maximum Gasteiger partial charge on any atom is 0.0167 e. The molecule has 74 valence electrons. The van der Waals surface area contributed by atoms with Crippen LogP contribution in [0.15, 0.2) is 0 Å². The van der Waals surface area contributed by atoms with Crippen LogP contribution in [0.3, 0.4) is 0 Å². The zero-order valence-corrected chi connectivity index (χ0v) is 9.01. The van der Waals surface area contributed by atoms with Gasteiger partial charge in [-0.15, -0.1) is 0 Å². The van der Waals surface area contributed by atoms with Crippen molar-refractivity contribution in [1.82, 2.24) is 4.90 Å². The Kier molecular flexibility index (Phi) is 6.39. The smallest absolute Gasteiger partial charge is 0.0167 e. The summed E-state index contributed by atoms with van der Waals surface area (Å²) in [7, 11) is 4.14. The Bertz CT molecular complexity index is 100. The Hall–Kier alpha value is -0.0800. The summed E-state index contributed by atoms with van der Waals surface area (Å²) < 4.78 is 0. The second-order valence-corrected chi connectivity index (χ2v) is 4.35. The van der Waals surface area contributed by atoms with Gasteiger partial charge in [-0.25, -0.2) is 0 Å². The van der Waals surface area contributed by atoms with Crippen LogP contribution in [0.25, 0.3) is 0 Å². The molecule has 0 aromatic carbocycles. The molecule has 0 radical (unpaired) electrons. The van der Waals surface area contributed by atoms with Crippen LogP contribution in [0, 0.1) is 5.92 Å². The molecule has 12 heavy (non-hydrogen) atoms. The van der Waals surface area contributed by atoms with E-state index in [-0.39, 0.29) is 0 Å². The summed E-state index contributed by atoms with van der Waals surface area (Å²) in [6, 6.07) is 0.360. The van der Waals surface area contributed by atoms with Crippen molar-refractivity contribution in [2.24, 2.45) is 11.7 Å². The van der Waals surface area contributed by atoms with Crippen molar-refractivity contribution in [2.45, 2.75) is 39.2 Å². The highest BCUT2D eigenvalue weighted by atomic mass is 15.1. The quantitative estimate of drug-likeness (QED) is 0.661. The predicted molar refractivity (Wildman–Crippen MR) is 55.2 cm³/mol. The molecule has 0 aromatic rings. The van der Waals surface area contributed by atoms with Gasteiger partial charge < -0.3 is 10.6 Å². The van der Waals surface area contributed by atoms with Crippen molar-refractivity contribution in [2.75, 3.05) is 20.6 Å². The van der Waals surface area contributed by atoms with E-state index in [0.29, 0.717) is 6.04 Å². The highest BCUT2D eigenvalue weighted by Gasteiger charge is 2.03. The molecule has 0 fully saturated rings. The number of rotatable bonds is 6. The van der Waals surface area contributed by atoms with Gasteiger partial charge in [0.2, 0.25) is 0 Å². The lowest BCUT2D eigenvalue weighted by Gasteiger charge is -2.16. The maximum atomic E-state index is 5.92. The minimum absolute atomic E-state index is 0.360. The molecule has 2 heteroatoms. The maximum absolute atomic E-state index is 5.92. The topological polar surface area (TPSA) is 29.3 Å². The summed E-state index contributed by atoms with van der Waals surface area (Å²) in [5.74, 6) is 0.816. The SMILES string of the molecule is CC(C)CCCC(N)CN(C)C. The monoisotopic (exact) mass is 172 g/mol. The number of nitrogens with zero attached hydrogens (tertiary/aromatic N) is 1. The third-order valence-electron chi connectivity index (χ3n) is 1.96. The van der Waals surface area contributed by atoms with E-state index in [4.69, 9.17) is 5.73 Å². The summed E-state index contributed by atoms with van der Waals surface area (Å²) >= 11 is 0. The van der Waals surface area contributed by atoms with E-state index < -0.39 is 0 Å². The van der Waals surface area contributed by atoms with E-state index in [1.807, 2.05) is 0 Å². The summed E-state index contributed by atoms with van der Waals surface area (Å²) in [6.07, 6.45) is 3.74. The molecule has 1 atom stereocenters. The normalized spacial score (nSPS) is 14.2. The molecule has 0 aliphatic carbocycles. The molecule has 0 rings (SSSR count). The third kappa shape index (κ3) is 8.02. The van der Waals surface area contributed by atoms with Gasteiger partial charge in [0.25, 0.3) is 0 Å². The van der Waals surface area contributed by atoms with Crippen molar-refractivity contribution in [3.63, 3.8) is 0 Å². The standard InChI is InChI=1S/C10H24N2/c1-9(2)6-5-7-10(11)8-12(3)4/h9-10H,5-8,11H2,1-4H3. The lowest BCUT2D eigenvalue weighted by molar-refractivity contribution is 0.354. The number of hydrogen-bond acceptors (Lipinski definition) is 2. The van der Waals surface area contributed by atoms with Gasteiger partial charge in [0.1, 0.15) is 0 Å². The Morgan fingerprint density at radius 1 is 1.17 bits per heavy atom. The lowest BCUT2D eigenvalue weighted by atomic mass is 10.0. The molecule has 1 unspecified atom stereocenters. The first-order valence-corrected chi connectivity index (χ1v) is 4.92. The minimum Gasteiger partial charge on any atom is -0.327 e. The van der Waals surface area contributed by atoms with Crippen LogP contribution < -0.4 is 5.73 Å². The van der Waals surface area contributed by atoms with Crippen LogP contribution in [0.5, 0.6) is 0 Å². The van der Waals surface area contributed by atoms with Gasteiger partial charge in [-0.1, -0.05) is 26.7 Å². The molecule has 0 heterocycles. The highest BCUT2D eigenvalue weighted by Crippen LogP contribution is 2.07. The number of hydrogen-bond donors (Lipinski definition) is 1. The Balaban J connectivity index is 3.25. The molecule has 0 aliphatic rings. The van der Waals surface area contributed by atoms with E-state index in [9.17, 15) is 0 Å².